The van der Waals surface area contributed by atoms with E-state index in [4.69, 9.17) is 5.21 Å². The van der Waals surface area contributed by atoms with E-state index in [-0.39, 0.29) is 0 Å². The summed E-state index contributed by atoms with van der Waals surface area (Å²) in [4.78, 5) is 23.6. The number of benzene rings is 1. The number of hydroxylamine groups is 1. The molecule has 0 spiro atoms. The Labute approximate surface area is 161 Å². The van der Waals surface area contributed by atoms with Crippen LogP contribution in [0.25, 0.3) is 6.08 Å². The van der Waals surface area contributed by atoms with Crippen LogP contribution in [0.3, 0.4) is 0 Å². The van der Waals surface area contributed by atoms with Crippen molar-refractivity contribution in [2.45, 2.75) is 51.4 Å². The number of aryl methyl sites for hydroxylation is 1. The Morgan fingerprint density at radius 3 is 2.22 bits per heavy atom. The maximum absolute atomic E-state index is 12.6. The first-order chi connectivity index (χ1) is 13.1. The summed E-state index contributed by atoms with van der Waals surface area (Å²) in [5.74, 6) is 4.13. The number of hydrogen-bond acceptors (Lipinski definition) is 3. The summed E-state index contributed by atoms with van der Waals surface area (Å²) in [6.45, 7) is 0. The van der Waals surface area contributed by atoms with Crippen LogP contribution >= 0.6 is 0 Å². The quantitative estimate of drug-likeness (QED) is 0.432. The standard InChI is InChI=1S/C23H29NO3/c25-21(14-22-19-10-17-9-18(12-19)13-20(22)11-17)7-5-15-1-3-16(4-2-15)6-8-23(26)24-27/h1-4,6,8,17-20,22,27H,5,7,9-14H2,(H,24,26)/b8-6+. The summed E-state index contributed by atoms with van der Waals surface area (Å²) in [7, 11) is 0. The molecule has 4 aliphatic carbocycles. The lowest BCUT2D eigenvalue weighted by atomic mass is 9.51. The lowest BCUT2D eigenvalue weighted by molar-refractivity contribution is -0.124. The largest absolute Gasteiger partial charge is 0.300 e. The Morgan fingerprint density at radius 2 is 1.63 bits per heavy atom. The molecule has 4 bridgehead atoms. The Morgan fingerprint density at radius 1 is 1.00 bits per heavy atom. The van der Waals surface area contributed by atoms with E-state index in [1.54, 1.807) is 11.6 Å². The molecule has 144 valence electrons. The fourth-order valence-electron chi connectivity index (χ4n) is 6.02. The van der Waals surface area contributed by atoms with Gasteiger partial charge in [-0.25, -0.2) is 5.48 Å². The molecule has 2 N–H and O–H groups in total. The van der Waals surface area contributed by atoms with Gasteiger partial charge in [-0.05, 0) is 85.3 Å². The zero-order valence-electron chi connectivity index (χ0n) is 15.8. The highest BCUT2D eigenvalue weighted by atomic mass is 16.5. The third-order valence-corrected chi connectivity index (χ3v) is 7.09. The number of hydrogen-bond donors (Lipinski definition) is 2. The van der Waals surface area contributed by atoms with Gasteiger partial charge in [0.05, 0.1) is 0 Å². The van der Waals surface area contributed by atoms with Crippen LogP contribution in [0.1, 0.15) is 56.1 Å². The van der Waals surface area contributed by atoms with Crippen LogP contribution in [-0.2, 0) is 16.0 Å². The number of Topliss-reactive ketones (excluding diaryl/α,β-unsaturated/α-hetero) is 1. The molecule has 4 nitrogen and oxygen atoms in total. The molecule has 0 aromatic heterocycles. The van der Waals surface area contributed by atoms with Crippen LogP contribution in [0.2, 0.25) is 0 Å². The van der Waals surface area contributed by atoms with E-state index in [2.05, 4.69) is 0 Å². The molecule has 4 fully saturated rings. The zero-order valence-corrected chi connectivity index (χ0v) is 15.8. The summed E-state index contributed by atoms with van der Waals surface area (Å²) in [6.07, 6.45) is 12.1. The first-order valence-electron chi connectivity index (χ1n) is 10.3. The number of nitrogens with one attached hydrogen (secondary N) is 1. The van der Waals surface area contributed by atoms with E-state index in [1.807, 2.05) is 24.3 Å². The maximum Gasteiger partial charge on any atom is 0.267 e. The highest BCUT2D eigenvalue weighted by Crippen LogP contribution is 2.57. The van der Waals surface area contributed by atoms with Crippen molar-refractivity contribution in [3.8, 4) is 0 Å². The summed E-state index contributed by atoms with van der Waals surface area (Å²) in [5.41, 5.74) is 3.61. The van der Waals surface area contributed by atoms with E-state index in [9.17, 15) is 9.59 Å². The monoisotopic (exact) mass is 367 g/mol. The van der Waals surface area contributed by atoms with Gasteiger partial charge in [-0.1, -0.05) is 24.3 Å². The third kappa shape index (κ3) is 4.32. The van der Waals surface area contributed by atoms with Crippen LogP contribution < -0.4 is 5.48 Å². The predicted octanol–water partition coefficient (Wildman–Crippen LogP) is 4.17. The molecule has 4 saturated carbocycles. The lowest BCUT2D eigenvalue weighted by Crippen LogP contribution is -2.45. The van der Waals surface area contributed by atoms with Crippen LogP contribution in [0.15, 0.2) is 30.3 Å². The molecule has 0 radical (unpaired) electrons. The minimum absolute atomic E-state index is 0.427. The molecule has 1 aromatic rings. The number of carbonyl (C=O) groups is 2. The Balaban J connectivity index is 1.26. The highest BCUT2D eigenvalue weighted by Gasteiger charge is 2.48. The van der Waals surface area contributed by atoms with E-state index < -0.39 is 5.91 Å². The van der Waals surface area contributed by atoms with Crippen LogP contribution in [0.4, 0.5) is 0 Å². The number of rotatable bonds is 7. The molecule has 0 unspecified atom stereocenters. The SMILES string of the molecule is O=C(CCc1ccc(/C=C/C(=O)NO)cc1)CC1C2CC3CC(C2)CC1C3. The second-order valence-electron chi connectivity index (χ2n) is 8.89. The molecular formula is C23H29NO3. The van der Waals surface area contributed by atoms with Gasteiger partial charge in [-0.15, -0.1) is 0 Å². The van der Waals surface area contributed by atoms with Gasteiger partial charge in [0.25, 0.3) is 5.91 Å². The van der Waals surface area contributed by atoms with Gasteiger partial charge in [-0.3, -0.25) is 14.8 Å². The van der Waals surface area contributed by atoms with Crippen LogP contribution in [-0.4, -0.2) is 16.9 Å². The Kier molecular flexibility index (Phi) is 5.44. The van der Waals surface area contributed by atoms with Crippen molar-refractivity contribution in [3.63, 3.8) is 0 Å². The van der Waals surface area contributed by atoms with Crippen LogP contribution in [0.5, 0.6) is 0 Å². The summed E-state index contributed by atoms with van der Waals surface area (Å²) in [5, 5.41) is 8.48. The molecule has 0 saturated heterocycles. The van der Waals surface area contributed by atoms with Crippen molar-refractivity contribution in [1.82, 2.24) is 5.48 Å². The molecular weight excluding hydrogens is 338 g/mol. The van der Waals surface area contributed by atoms with Gasteiger partial charge < -0.3 is 0 Å². The smallest absolute Gasteiger partial charge is 0.267 e. The average molecular weight is 367 g/mol. The van der Waals surface area contributed by atoms with Gasteiger partial charge in [-0.2, -0.15) is 0 Å². The fraction of sp³-hybridized carbons (Fsp3) is 0.565. The molecule has 1 aromatic carbocycles. The summed E-state index contributed by atoms with van der Waals surface area (Å²) >= 11 is 0. The first-order valence-corrected chi connectivity index (χ1v) is 10.3. The number of carbonyl (C=O) groups excluding carboxylic acids is 2. The van der Waals surface area contributed by atoms with Crippen molar-refractivity contribution in [2.75, 3.05) is 0 Å². The zero-order chi connectivity index (χ0) is 18.8. The van der Waals surface area contributed by atoms with Crippen LogP contribution in [0, 0.1) is 29.6 Å². The Bertz CT molecular complexity index is 694. The van der Waals surface area contributed by atoms with Crippen molar-refractivity contribution < 1.29 is 14.8 Å². The molecule has 27 heavy (non-hydrogen) atoms. The van der Waals surface area contributed by atoms with Gasteiger partial charge in [0.2, 0.25) is 0 Å². The lowest BCUT2D eigenvalue weighted by Gasteiger charge is -2.54. The fourth-order valence-corrected chi connectivity index (χ4v) is 6.02. The number of amides is 1. The van der Waals surface area contributed by atoms with Crippen molar-refractivity contribution >= 4 is 17.8 Å². The van der Waals surface area contributed by atoms with Crippen molar-refractivity contribution in [3.05, 3.63) is 41.5 Å². The molecule has 1 amide bonds. The molecule has 0 atom stereocenters. The molecule has 4 aliphatic rings. The summed E-state index contributed by atoms with van der Waals surface area (Å²) < 4.78 is 0. The normalized spacial score (nSPS) is 31.4. The number of ketones is 1. The molecule has 4 heteroatoms. The molecule has 5 rings (SSSR count). The highest BCUT2D eigenvalue weighted by molar-refractivity contribution is 5.90. The Hall–Kier alpha value is -1.94. The van der Waals surface area contributed by atoms with E-state index in [1.165, 1.54) is 38.2 Å². The molecule has 0 aliphatic heterocycles. The van der Waals surface area contributed by atoms with Gasteiger partial charge in [0, 0.05) is 18.9 Å². The first kappa shape index (κ1) is 18.4. The van der Waals surface area contributed by atoms with E-state index in [0.29, 0.717) is 18.1 Å². The topological polar surface area (TPSA) is 66.4 Å². The van der Waals surface area contributed by atoms with Crippen molar-refractivity contribution in [1.29, 1.82) is 0 Å². The van der Waals surface area contributed by atoms with Crippen molar-refractivity contribution in [2.24, 2.45) is 29.6 Å². The minimum Gasteiger partial charge on any atom is -0.300 e. The van der Waals surface area contributed by atoms with E-state index >= 15 is 0 Å². The second-order valence-corrected chi connectivity index (χ2v) is 8.89. The molecule has 0 heterocycles. The predicted molar refractivity (Wildman–Crippen MR) is 104 cm³/mol. The third-order valence-electron chi connectivity index (χ3n) is 7.09. The minimum atomic E-state index is -0.547. The van der Waals surface area contributed by atoms with Gasteiger partial charge >= 0.3 is 0 Å². The maximum atomic E-state index is 12.6. The van der Waals surface area contributed by atoms with Gasteiger partial charge in [0.15, 0.2) is 0 Å². The average Bonchev–Trinajstić information content (AvgIpc) is 2.67. The second kappa shape index (κ2) is 7.97. The van der Waals surface area contributed by atoms with E-state index in [0.717, 1.165) is 47.6 Å². The summed E-state index contributed by atoms with van der Waals surface area (Å²) in [6, 6.07) is 7.87. The van der Waals surface area contributed by atoms with Gasteiger partial charge in [0.1, 0.15) is 5.78 Å².